The fourth-order valence-corrected chi connectivity index (χ4v) is 4.96. The van der Waals surface area contributed by atoms with Crippen LogP contribution >= 0.6 is 0 Å². The van der Waals surface area contributed by atoms with Crippen LogP contribution in [-0.4, -0.2) is 35.1 Å². The molecule has 1 aromatic heterocycles. The molecule has 2 saturated carbocycles. The van der Waals surface area contributed by atoms with Crippen molar-refractivity contribution in [2.24, 2.45) is 17.8 Å². The minimum atomic E-state index is 0.0113. The number of hydrogen-bond donors (Lipinski definition) is 1. The van der Waals surface area contributed by atoms with Gasteiger partial charge in [0.2, 0.25) is 5.88 Å². The van der Waals surface area contributed by atoms with Gasteiger partial charge in [-0.25, -0.2) is 9.78 Å². The van der Waals surface area contributed by atoms with E-state index in [1.165, 1.54) is 32.1 Å². The largest absolute Gasteiger partial charge is 0.476 e. The highest BCUT2D eigenvalue weighted by molar-refractivity contribution is 5.90. The normalized spacial score (nSPS) is 31.8. The number of urea groups is 1. The van der Waals surface area contributed by atoms with Crippen LogP contribution in [0.2, 0.25) is 0 Å². The van der Waals surface area contributed by atoms with Crippen molar-refractivity contribution < 1.29 is 9.53 Å². The molecule has 1 N–H and O–H groups in total. The lowest BCUT2D eigenvalue weighted by Gasteiger charge is -2.38. The molecule has 1 aromatic rings. The molecule has 2 aliphatic carbocycles. The number of pyridine rings is 1. The smallest absolute Gasteiger partial charge is 0.322 e. The maximum absolute atomic E-state index is 12.9. The van der Waals surface area contributed by atoms with E-state index in [0.29, 0.717) is 30.1 Å². The average Bonchev–Trinajstić information content (AvgIpc) is 2.73. The molecule has 2 saturated heterocycles. The van der Waals surface area contributed by atoms with Gasteiger partial charge >= 0.3 is 6.03 Å². The van der Waals surface area contributed by atoms with Crippen molar-refractivity contribution in [3.8, 4) is 5.88 Å². The number of hydrogen-bond acceptors (Lipinski definition) is 3. The highest BCUT2D eigenvalue weighted by atomic mass is 16.5. The quantitative estimate of drug-likeness (QED) is 0.928. The van der Waals surface area contributed by atoms with E-state index in [-0.39, 0.29) is 6.03 Å². The molecule has 2 atom stereocenters. The monoisotopic (exact) mass is 315 g/mol. The van der Waals surface area contributed by atoms with Gasteiger partial charge in [0, 0.05) is 18.8 Å². The topological polar surface area (TPSA) is 54.5 Å². The van der Waals surface area contributed by atoms with Crippen LogP contribution in [0, 0.1) is 17.8 Å². The highest BCUT2D eigenvalue weighted by Crippen LogP contribution is 2.47. The number of anilines is 1. The summed E-state index contributed by atoms with van der Waals surface area (Å²) in [5.74, 6) is 2.88. The van der Waals surface area contributed by atoms with E-state index in [4.69, 9.17) is 4.74 Å². The van der Waals surface area contributed by atoms with Gasteiger partial charge in [0.05, 0.1) is 6.61 Å². The van der Waals surface area contributed by atoms with Gasteiger partial charge in [-0.1, -0.05) is 0 Å². The van der Waals surface area contributed by atoms with Crippen LogP contribution in [0.5, 0.6) is 5.88 Å². The third kappa shape index (κ3) is 2.89. The SMILES string of the molecule is CCOc1ncccc1NC(=O)N1CC2CC3CC(C2)CC1C3. The van der Waals surface area contributed by atoms with Crippen LogP contribution in [0.25, 0.3) is 0 Å². The van der Waals surface area contributed by atoms with Crippen LogP contribution in [-0.2, 0) is 0 Å². The first-order valence-corrected chi connectivity index (χ1v) is 8.88. The van der Waals surface area contributed by atoms with Crippen LogP contribution < -0.4 is 10.1 Å². The van der Waals surface area contributed by atoms with Gasteiger partial charge in [-0.15, -0.1) is 0 Å². The summed E-state index contributed by atoms with van der Waals surface area (Å²) in [5.41, 5.74) is 0.670. The third-order valence-electron chi connectivity index (χ3n) is 5.66. The lowest BCUT2D eigenvalue weighted by atomic mass is 9.68. The van der Waals surface area contributed by atoms with Crippen molar-refractivity contribution in [3.05, 3.63) is 18.3 Å². The summed E-state index contributed by atoms with van der Waals surface area (Å²) in [6, 6.07) is 4.11. The fraction of sp³-hybridized carbons (Fsp3) is 0.667. The number of aromatic nitrogens is 1. The molecular weight excluding hydrogens is 290 g/mol. The van der Waals surface area contributed by atoms with E-state index in [1.54, 1.807) is 6.20 Å². The van der Waals surface area contributed by atoms with Crippen LogP contribution in [0.3, 0.4) is 0 Å². The van der Waals surface area contributed by atoms with E-state index < -0.39 is 0 Å². The number of fused-ring (bicyclic) bond motifs is 1. The Morgan fingerprint density at radius 2 is 2.00 bits per heavy atom. The Hall–Kier alpha value is -1.78. The molecule has 5 heteroatoms. The predicted octanol–water partition coefficient (Wildman–Crippen LogP) is 3.52. The van der Waals surface area contributed by atoms with Crippen molar-refractivity contribution in [2.75, 3.05) is 18.5 Å². The summed E-state index contributed by atoms with van der Waals surface area (Å²) < 4.78 is 5.52. The maximum Gasteiger partial charge on any atom is 0.322 e. The Kier molecular flexibility index (Phi) is 3.87. The number of amides is 2. The molecule has 2 aliphatic heterocycles. The minimum absolute atomic E-state index is 0.0113. The number of rotatable bonds is 3. The summed E-state index contributed by atoms with van der Waals surface area (Å²) in [6.07, 6.45) is 8.08. The van der Waals surface area contributed by atoms with E-state index in [2.05, 4.69) is 15.2 Å². The number of nitrogens with zero attached hydrogens (tertiary/aromatic N) is 2. The molecule has 5 nitrogen and oxygen atoms in total. The lowest BCUT2D eigenvalue weighted by Crippen LogP contribution is -2.44. The molecule has 124 valence electrons. The van der Waals surface area contributed by atoms with E-state index >= 15 is 0 Å². The first-order chi connectivity index (χ1) is 11.2. The molecule has 2 unspecified atom stereocenters. The number of ether oxygens (including phenoxy) is 1. The number of nitrogens with one attached hydrogen (secondary N) is 1. The summed E-state index contributed by atoms with van der Waals surface area (Å²) in [5, 5.41) is 3.03. The van der Waals surface area contributed by atoms with Crippen molar-refractivity contribution in [1.82, 2.24) is 9.88 Å². The summed E-state index contributed by atoms with van der Waals surface area (Å²) in [6.45, 7) is 3.37. The van der Waals surface area contributed by atoms with Crippen LogP contribution in [0.1, 0.15) is 39.0 Å². The van der Waals surface area contributed by atoms with Gasteiger partial charge in [-0.05, 0) is 68.9 Å². The van der Waals surface area contributed by atoms with E-state index in [0.717, 1.165) is 18.4 Å². The van der Waals surface area contributed by atoms with Gasteiger partial charge in [-0.3, -0.25) is 0 Å². The van der Waals surface area contributed by atoms with Crippen LogP contribution in [0.15, 0.2) is 18.3 Å². The van der Waals surface area contributed by atoms with Crippen molar-refractivity contribution in [3.63, 3.8) is 0 Å². The molecule has 0 radical (unpaired) electrons. The zero-order valence-electron chi connectivity index (χ0n) is 13.7. The lowest BCUT2D eigenvalue weighted by molar-refractivity contribution is 0.136. The standard InChI is InChI=1S/C18H25N3O2/c1-2-23-17-16(4-3-5-19-17)20-18(22)21-11-14-7-12-6-13(8-14)10-15(21)9-12/h3-5,12-15H,2,6-11H2,1H3,(H,20,22). The Balaban J connectivity index is 1.51. The average molecular weight is 315 g/mol. The van der Waals surface area contributed by atoms with Gasteiger partial charge in [-0.2, -0.15) is 0 Å². The molecule has 4 fully saturated rings. The molecule has 4 aliphatic rings. The van der Waals surface area contributed by atoms with E-state index in [1.807, 2.05) is 19.1 Å². The number of carbonyl (C=O) groups excluding carboxylic acids is 1. The molecule has 3 heterocycles. The van der Waals surface area contributed by atoms with Gasteiger partial charge in [0.15, 0.2) is 0 Å². The van der Waals surface area contributed by atoms with Crippen molar-refractivity contribution >= 4 is 11.7 Å². The molecule has 2 amide bonds. The molecule has 23 heavy (non-hydrogen) atoms. The number of carbonyl (C=O) groups is 1. The maximum atomic E-state index is 12.9. The second-order valence-electron chi connectivity index (χ2n) is 7.30. The second-order valence-corrected chi connectivity index (χ2v) is 7.30. The van der Waals surface area contributed by atoms with E-state index in [9.17, 15) is 4.79 Å². The Bertz CT molecular complexity index is 577. The molecule has 0 aromatic carbocycles. The zero-order valence-corrected chi connectivity index (χ0v) is 13.7. The Morgan fingerprint density at radius 3 is 2.74 bits per heavy atom. The molecule has 0 spiro atoms. The third-order valence-corrected chi connectivity index (χ3v) is 5.66. The molecular formula is C18H25N3O2. The zero-order chi connectivity index (χ0) is 15.8. The molecule has 5 rings (SSSR count). The van der Waals surface area contributed by atoms with Gasteiger partial charge < -0.3 is 15.0 Å². The summed E-state index contributed by atoms with van der Waals surface area (Å²) >= 11 is 0. The minimum Gasteiger partial charge on any atom is -0.476 e. The first kappa shape index (κ1) is 14.8. The first-order valence-electron chi connectivity index (χ1n) is 8.88. The highest BCUT2D eigenvalue weighted by Gasteiger charge is 2.44. The fourth-order valence-electron chi connectivity index (χ4n) is 4.96. The second kappa shape index (κ2) is 6.02. The Labute approximate surface area is 137 Å². The van der Waals surface area contributed by atoms with Crippen LogP contribution in [0.4, 0.5) is 10.5 Å². The van der Waals surface area contributed by atoms with Gasteiger partial charge in [0.25, 0.3) is 0 Å². The Morgan fingerprint density at radius 1 is 1.26 bits per heavy atom. The molecule has 4 bridgehead atoms. The van der Waals surface area contributed by atoms with Crippen molar-refractivity contribution in [2.45, 2.75) is 45.1 Å². The summed E-state index contributed by atoms with van der Waals surface area (Å²) in [4.78, 5) is 19.2. The predicted molar refractivity (Wildman–Crippen MR) is 88.5 cm³/mol. The summed E-state index contributed by atoms with van der Waals surface area (Å²) in [7, 11) is 0. The van der Waals surface area contributed by atoms with Gasteiger partial charge in [0.1, 0.15) is 5.69 Å². The van der Waals surface area contributed by atoms with Crippen molar-refractivity contribution in [1.29, 1.82) is 0 Å².